The summed E-state index contributed by atoms with van der Waals surface area (Å²) in [6.07, 6.45) is 4.03. The zero-order valence-electron chi connectivity index (χ0n) is 10.9. The molecule has 2 aromatic rings. The van der Waals surface area contributed by atoms with E-state index in [2.05, 4.69) is 15.2 Å². The van der Waals surface area contributed by atoms with Crippen molar-refractivity contribution < 1.29 is 8.78 Å². The van der Waals surface area contributed by atoms with Crippen LogP contribution in [-0.4, -0.2) is 21.2 Å². The normalized spacial score (nSPS) is 22.9. The van der Waals surface area contributed by atoms with Crippen LogP contribution in [0.3, 0.4) is 0 Å². The minimum absolute atomic E-state index is 0.200. The average Bonchev–Trinajstić information content (AvgIpc) is 2.92. The number of nitrogens with zero attached hydrogens (tertiary/aromatic N) is 2. The van der Waals surface area contributed by atoms with Gasteiger partial charge in [0.05, 0.1) is 0 Å². The number of aromatic amines is 1. The summed E-state index contributed by atoms with van der Waals surface area (Å²) < 4.78 is 26.1. The summed E-state index contributed by atoms with van der Waals surface area (Å²) in [4.78, 5) is 4.40. The summed E-state index contributed by atoms with van der Waals surface area (Å²) in [5.74, 6) is -0.334. The number of benzene rings is 1. The lowest BCUT2D eigenvalue weighted by molar-refractivity contribution is 0.383. The Bertz CT molecular complexity index is 611. The average molecular weight is 278 g/mol. The summed E-state index contributed by atoms with van der Waals surface area (Å²) in [5, 5.41) is 6.99. The summed E-state index contributed by atoms with van der Waals surface area (Å²) in [5.41, 5.74) is 6.43. The van der Waals surface area contributed by atoms with Gasteiger partial charge in [0.1, 0.15) is 5.82 Å². The Hall–Kier alpha value is -1.82. The zero-order valence-corrected chi connectivity index (χ0v) is 10.9. The smallest absolute Gasteiger partial charge is 0.181 e. The molecule has 3 N–H and O–H groups in total. The highest BCUT2D eigenvalue weighted by atomic mass is 19.2. The first-order valence-electron chi connectivity index (χ1n) is 6.77. The number of hydrogen-bond acceptors (Lipinski definition) is 3. The van der Waals surface area contributed by atoms with E-state index in [1.165, 1.54) is 6.07 Å². The van der Waals surface area contributed by atoms with Gasteiger partial charge < -0.3 is 5.73 Å². The molecular weight excluding hydrogens is 262 g/mol. The number of rotatable bonds is 2. The van der Waals surface area contributed by atoms with Crippen molar-refractivity contribution in [3.63, 3.8) is 0 Å². The molecule has 1 fully saturated rings. The number of H-pyrrole nitrogens is 1. The molecule has 0 aliphatic heterocycles. The van der Waals surface area contributed by atoms with Gasteiger partial charge in [0.25, 0.3) is 0 Å². The molecule has 0 bridgehead atoms. The first kappa shape index (κ1) is 13.2. The zero-order chi connectivity index (χ0) is 14.1. The van der Waals surface area contributed by atoms with E-state index in [0.29, 0.717) is 11.4 Å². The van der Waals surface area contributed by atoms with E-state index < -0.39 is 11.6 Å². The fourth-order valence-electron chi connectivity index (χ4n) is 2.70. The minimum atomic E-state index is -0.895. The highest BCUT2D eigenvalue weighted by Crippen LogP contribution is 2.31. The highest BCUT2D eigenvalue weighted by Gasteiger charge is 2.23. The van der Waals surface area contributed by atoms with Crippen LogP contribution in [0.2, 0.25) is 0 Å². The van der Waals surface area contributed by atoms with Crippen molar-refractivity contribution >= 4 is 0 Å². The van der Waals surface area contributed by atoms with Gasteiger partial charge in [-0.1, -0.05) is 6.42 Å². The van der Waals surface area contributed by atoms with E-state index in [1.54, 1.807) is 0 Å². The van der Waals surface area contributed by atoms with Crippen molar-refractivity contribution in [2.24, 2.45) is 5.73 Å². The van der Waals surface area contributed by atoms with E-state index in [0.717, 1.165) is 43.6 Å². The molecule has 1 heterocycles. The fourth-order valence-corrected chi connectivity index (χ4v) is 2.70. The van der Waals surface area contributed by atoms with Gasteiger partial charge in [-0.3, -0.25) is 5.10 Å². The van der Waals surface area contributed by atoms with Crippen LogP contribution < -0.4 is 5.73 Å². The minimum Gasteiger partial charge on any atom is -0.328 e. The van der Waals surface area contributed by atoms with Crippen LogP contribution in [0.4, 0.5) is 8.78 Å². The van der Waals surface area contributed by atoms with Crippen LogP contribution >= 0.6 is 0 Å². The Morgan fingerprint density at radius 2 is 2.05 bits per heavy atom. The Kier molecular flexibility index (Phi) is 3.48. The predicted octanol–water partition coefficient (Wildman–Crippen LogP) is 2.73. The lowest BCUT2D eigenvalue weighted by Gasteiger charge is -2.24. The number of hydrogen-bond donors (Lipinski definition) is 2. The van der Waals surface area contributed by atoms with Crippen molar-refractivity contribution in [1.82, 2.24) is 15.2 Å². The molecule has 0 saturated heterocycles. The summed E-state index contributed by atoms with van der Waals surface area (Å²) >= 11 is 0. The van der Waals surface area contributed by atoms with Gasteiger partial charge in [-0.2, -0.15) is 5.10 Å². The second-order valence-corrected chi connectivity index (χ2v) is 5.30. The third-order valence-electron chi connectivity index (χ3n) is 3.78. The standard InChI is InChI=1S/C14H16F2N4/c15-11-5-4-9(7-12(11)16)14-18-13(19-20-14)8-2-1-3-10(17)6-8/h4-5,7-8,10H,1-3,6,17H2,(H,18,19,20)/t8-,10+/m1/s1. The molecule has 0 spiro atoms. The quantitative estimate of drug-likeness (QED) is 0.887. The van der Waals surface area contributed by atoms with Gasteiger partial charge in [-0.05, 0) is 37.5 Å². The van der Waals surface area contributed by atoms with Gasteiger partial charge >= 0.3 is 0 Å². The molecule has 1 aliphatic rings. The predicted molar refractivity (Wildman–Crippen MR) is 70.9 cm³/mol. The van der Waals surface area contributed by atoms with Crippen LogP contribution in [0.15, 0.2) is 18.2 Å². The van der Waals surface area contributed by atoms with Crippen LogP contribution in [0.25, 0.3) is 11.4 Å². The van der Waals surface area contributed by atoms with Crippen LogP contribution in [0.5, 0.6) is 0 Å². The molecule has 6 heteroatoms. The Morgan fingerprint density at radius 3 is 2.80 bits per heavy atom. The Labute approximate surface area is 115 Å². The largest absolute Gasteiger partial charge is 0.328 e. The lowest BCUT2D eigenvalue weighted by Crippen LogP contribution is -2.27. The number of halogens is 2. The first-order chi connectivity index (χ1) is 9.63. The van der Waals surface area contributed by atoms with Crippen LogP contribution in [-0.2, 0) is 0 Å². The maximum absolute atomic E-state index is 13.2. The van der Waals surface area contributed by atoms with Crippen LogP contribution in [0.1, 0.15) is 37.4 Å². The third-order valence-corrected chi connectivity index (χ3v) is 3.78. The van der Waals surface area contributed by atoms with Crippen molar-refractivity contribution in [2.45, 2.75) is 37.6 Å². The van der Waals surface area contributed by atoms with Gasteiger partial charge in [-0.15, -0.1) is 0 Å². The summed E-state index contributed by atoms with van der Waals surface area (Å²) in [6, 6.07) is 3.86. The SMILES string of the molecule is N[C@H]1CCC[C@@H](c2nc(-c3ccc(F)c(F)c3)n[nH]2)C1. The van der Waals surface area contributed by atoms with E-state index in [9.17, 15) is 8.78 Å². The molecule has 2 atom stereocenters. The molecule has 106 valence electrons. The molecule has 1 saturated carbocycles. The van der Waals surface area contributed by atoms with E-state index in [1.807, 2.05) is 0 Å². The Balaban J connectivity index is 1.84. The molecule has 0 unspecified atom stereocenters. The number of nitrogens with one attached hydrogen (secondary N) is 1. The van der Waals surface area contributed by atoms with Gasteiger partial charge in [0, 0.05) is 17.5 Å². The maximum atomic E-state index is 13.2. The van der Waals surface area contributed by atoms with Crippen molar-refractivity contribution in [1.29, 1.82) is 0 Å². The second kappa shape index (κ2) is 5.28. The molecule has 1 aromatic carbocycles. The van der Waals surface area contributed by atoms with Gasteiger partial charge in [-0.25, -0.2) is 13.8 Å². The molecule has 4 nitrogen and oxygen atoms in total. The van der Waals surface area contributed by atoms with Crippen molar-refractivity contribution in [2.75, 3.05) is 0 Å². The van der Waals surface area contributed by atoms with Crippen molar-refractivity contribution in [3.8, 4) is 11.4 Å². The topological polar surface area (TPSA) is 67.6 Å². The summed E-state index contributed by atoms with van der Waals surface area (Å²) in [7, 11) is 0. The second-order valence-electron chi connectivity index (χ2n) is 5.30. The fraction of sp³-hybridized carbons (Fsp3) is 0.429. The molecule has 3 rings (SSSR count). The van der Waals surface area contributed by atoms with Gasteiger partial charge in [0.2, 0.25) is 0 Å². The molecule has 1 aromatic heterocycles. The number of nitrogens with two attached hydrogens (primary N) is 1. The van der Waals surface area contributed by atoms with Crippen LogP contribution in [0, 0.1) is 11.6 Å². The van der Waals surface area contributed by atoms with E-state index in [4.69, 9.17) is 5.73 Å². The Morgan fingerprint density at radius 1 is 1.20 bits per heavy atom. The summed E-state index contributed by atoms with van der Waals surface area (Å²) in [6.45, 7) is 0. The molecule has 1 aliphatic carbocycles. The van der Waals surface area contributed by atoms with Gasteiger partial charge in [0.15, 0.2) is 17.5 Å². The molecule has 0 radical (unpaired) electrons. The monoisotopic (exact) mass is 278 g/mol. The molecule has 0 amide bonds. The maximum Gasteiger partial charge on any atom is 0.181 e. The van der Waals surface area contributed by atoms with Crippen molar-refractivity contribution in [3.05, 3.63) is 35.7 Å². The molecule has 20 heavy (non-hydrogen) atoms. The lowest BCUT2D eigenvalue weighted by atomic mass is 9.86. The third kappa shape index (κ3) is 2.56. The number of aromatic nitrogens is 3. The first-order valence-corrected chi connectivity index (χ1v) is 6.77. The highest BCUT2D eigenvalue weighted by molar-refractivity contribution is 5.54. The van der Waals surface area contributed by atoms with E-state index >= 15 is 0 Å². The molecular formula is C14H16F2N4. The van der Waals surface area contributed by atoms with E-state index in [-0.39, 0.29) is 12.0 Å².